The Morgan fingerprint density at radius 1 is 1.21 bits per heavy atom. The number of thioether (sulfide) groups is 1. The van der Waals surface area contributed by atoms with Crippen LogP contribution in [0.4, 0.5) is 5.69 Å². The van der Waals surface area contributed by atoms with Gasteiger partial charge < -0.3 is 14.5 Å². The minimum absolute atomic E-state index is 0.208. The largest absolute Gasteiger partial charge is 0.495 e. The van der Waals surface area contributed by atoms with Crippen molar-refractivity contribution in [1.82, 2.24) is 10.2 Å². The molecule has 2 aromatic carbocycles. The van der Waals surface area contributed by atoms with Gasteiger partial charge >= 0.3 is 0 Å². The van der Waals surface area contributed by atoms with Crippen molar-refractivity contribution < 1.29 is 13.9 Å². The van der Waals surface area contributed by atoms with Gasteiger partial charge in [0.05, 0.1) is 18.0 Å². The first-order valence-corrected chi connectivity index (χ1v) is 9.85. The van der Waals surface area contributed by atoms with E-state index in [1.165, 1.54) is 18.9 Å². The molecule has 0 aliphatic heterocycles. The standard InChI is InChI=1S/C20H20ClN3O3S/c1-11-5-7-14(8-6-11)19-23-24-20(27-19)28-13(3)18(25)22-16-9-12(2)15(21)10-17(16)26-4/h5-10,13H,1-4H3,(H,22,25)/t13-/m1/s1. The number of amides is 1. The monoisotopic (exact) mass is 417 g/mol. The lowest BCUT2D eigenvalue weighted by Crippen LogP contribution is -2.22. The summed E-state index contributed by atoms with van der Waals surface area (Å²) < 4.78 is 11.0. The molecule has 3 rings (SSSR count). The van der Waals surface area contributed by atoms with Gasteiger partial charge in [-0.15, -0.1) is 10.2 Å². The van der Waals surface area contributed by atoms with E-state index in [4.69, 9.17) is 20.8 Å². The Balaban J connectivity index is 1.68. The molecule has 0 spiro atoms. The lowest BCUT2D eigenvalue weighted by molar-refractivity contribution is -0.115. The molecule has 28 heavy (non-hydrogen) atoms. The fourth-order valence-electron chi connectivity index (χ4n) is 2.44. The van der Waals surface area contributed by atoms with Crippen molar-refractivity contribution in [2.75, 3.05) is 12.4 Å². The normalized spacial score (nSPS) is 11.9. The number of nitrogens with zero attached hydrogens (tertiary/aromatic N) is 2. The van der Waals surface area contributed by atoms with Crippen molar-refractivity contribution in [2.24, 2.45) is 0 Å². The van der Waals surface area contributed by atoms with Gasteiger partial charge in [-0.3, -0.25) is 4.79 Å². The van der Waals surface area contributed by atoms with E-state index < -0.39 is 5.25 Å². The molecule has 1 aromatic heterocycles. The summed E-state index contributed by atoms with van der Waals surface area (Å²) in [4.78, 5) is 12.6. The summed E-state index contributed by atoms with van der Waals surface area (Å²) in [6.07, 6.45) is 0. The molecule has 1 N–H and O–H groups in total. The molecule has 146 valence electrons. The number of benzene rings is 2. The van der Waals surface area contributed by atoms with Crippen LogP contribution in [0.15, 0.2) is 46.0 Å². The number of hydrogen-bond donors (Lipinski definition) is 1. The highest BCUT2D eigenvalue weighted by Crippen LogP contribution is 2.32. The first-order chi connectivity index (χ1) is 13.4. The van der Waals surface area contributed by atoms with E-state index in [0.29, 0.717) is 27.6 Å². The number of aryl methyl sites for hydroxylation is 2. The molecule has 0 aliphatic carbocycles. The van der Waals surface area contributed by atoms with Crippen LogP contribution in [-0.2, 0) is 4.79 Å². The van der Waals surface area contributed by atoms with E-state index in [0.717, 1.165) is 16.7 Å². The first-order valence-electron chi connectivity index (χ1n) is 8.59. The summed E-state index contributed by atoms with van der Waals surface area (Å²) in [5.41, 5.74) is 3.39. The van der Waals surface area contributed by atoms with Crippen LogP contribution < -0.4 is 10.1 Å². The Morgan fingerprint density at radius 3 is 2.61 bits per heavy atom. The second kappa shape index (κ2) is 8.67. The van der Waals surface area contributed by atoms with E-state index in [1.807, 2.05) is 38.1 Å². The number of halogens is 1. The van der Waals surface area contributed by atoms with Crippen LogP contribution in [-0.4, -0.2) is 28.5 Å². The SMILES string of the molecule is COc1cc(Cl)c(C)cc1NC(=O)[C@@H](C)Sc1nnc(-c2ccc(C)cc2)o1. The average Bonchev–Trinajstić information content (AvgIpc) is 3.13. The highest BCUT2D eigenvalue weighted by molar-refractivity contribution is 8.00. The lowest BCUT2D eigenvalue weighted by Gasteiger charge is -2.14. The van der Waals surface area contributed by atoms with E-state index in [2.05, 4.69) is 15.5 Å². The molecule has 8 heteroatoms. The molecular formula is C20H20ClN3O3S. The Kier molecular flexibility index (Phi) is 6.26. The number of carbonyl (C=O) groups excluding carboxylic acids is 1. The molecule has 0 radical (unpaired) electrons. The maximum Gasteiger partial charge on any atom is 0.277 e. The van der Waals surface area contributed by atoms with Crippen LogP contribution in [0.2, 0.25) is 5.02 Å². The van der Waals surface area contributed by atoms with E-state index >= 15 is 0 Å². The predicted molar refractivity (Wildman–Crippen MR) is 111 cm³/mol. The summed E-state index contributed by atoms with van der Waals surface area (Å²) in [5, 5.41) is 11.4. The van der Waals surface area contributed by atoms with Gasteiger partial charge in [0.1, 0.15) is 5.75 Å². The average molecular weight is 418 g/mol. The van der Waals surface area contributed by atoms with Gasteiger partial charge in [-0.25, -0.2) is 0 Å². The first kappa shape index (κ1) is 20.2. The summed E-state index contributed by atoms with van der Waals surface area (Å²) >= 11 is 7.30. The van der Waals surface area contributed by atoms with Gasteiger partial charge in [0, 0.05) is 16.7 Å². The quantitative estimate of drug-likeness (QED) is 0.560. The minimum Gasteiger partial charge on any atom is -0.495 e. The number of rotatable bonds is 6. The zero-order chi connectivity index (χ0) is 20.3. The topological polar surface area (TPSA) is 77.2 Å². The molecular weight excluding hydrogens is 398 g/mol. The fourth-order valence-corrected chi connectivity index (χ4v) is 3.28. The molecule has 0 saturated heterocycles. The zero-order valence-corrected chi connectivity index (χ0v) is 17.5. The molecule has 6 nitrogen and oxygen atoms in total. The fraction of sp³-hybridized carbons (Fsp3) is 0.250. The minimum atomic E-state index is -0.452. The van der Waals surface area contributed by atoms with Gasteiger partial charge in [-0.1, -0.05) is 41.1 Å². The van der Waals surface area contributed by atoms with Crippen molar-refractivity contribution in [3.63, 3.8) is 0 Å². The number of aromatic nitrogens is 2. The third-order valence-electron chi connectivity index (χ3n) is 4.09. The number of methoxy groups -OCH3 is 1. The van der Waals surface area contributed by atoms with Crippen LogP contribution >= 0.6 is 23.4 Å². The van der Waals surface area contributed by atoms with Crippen molar-refractivity contribution in [1.29, 1.82) is 0 Å². The van der Waals surface area contributed by atoms with Crippen LogP contribution in [0.3, 0.4) is 0 Å². The van der Waals surface area contributed by atoms with Crippen LogP contribution in [0.25, 0.3) is 11.5 Å². The summed E-state index contributed by atoms with van der Waals surface area (Å²) in [6.45, 7) is 5.64. The predicted octanol–water partition coefficient (Wildman–Crippen LogP) is 5.13. The van der Waals surface area contributed by atoms with Crippen molar-refractivity contribution in [3.8, 4) is 17.2 Å². The number of nitrogens with one attached hydrogen (secondary N) is 1. The Hall–Kier alpha value is -2.51. The van der Waals surface area contributed by atoms with Crippen LogP contribution in [0, 0.1) is 13.8 Å². The third-order valence-corrected chi connectivity index (χ3v) is 5.43. The van der Waals surface area contributed by atoms with Gasteiger partial charge in [-0.05, 0) is 44.5 Å². The summed E-state index contributed by atoms with van der Waals surface area (Å²) in [6, 6.07) is 11.2. The molecule has 3 aromatic rings. The second-order valence-corrected chi connectivity index (χ2v) is 7.99. The van der Waals surface area contributed by atoms with E-state index in [1.54, 1.807) is 19.1 Å². The number of hydrogen-bond acceptors (Lipinski definition) is 6. The van der Waals surface area contributed by atoms with Crippen molar-refractivity contribution in [3.05, 3.63) is 52.5 Å². The highest BCUT2D eigenvalue weighted by Gasteiger charge is 2.20. The van der Waals surface area contributed by atoms with E-state index in [-0.39, 0.29) is 5.91 Å². The lowest BCUT2D eigenvalue weighted by atomic mass is 10.1. The number of anilines is 1. The van der Waals surface area contributed by atoms with Gasteiger partial charge in [0.2, 0.25) is 11.8 Å². The molecule has 0 fully saturated rings. The van der Waals surface area contributed by atoms with Crippen molar-refractivity contribution >= 4 is 35.0 Å². The maximum atomic E-state index is 12.6. The molecule has 1 amide bonds. The Labute approximate surface area is 172 Å². The second-order valence-electron chi connectivity index (χ2n) is 6.29. The third kappa shape index (κ3) is 4.66. The molecule has 0 bridgehead atoms. The smallest absolute Gasteiger partial charge is 0.277 e. The van der Waals surface area contributed by atoms with Crippen LogP contribution in [0.5, 0.6) is 5.75 Å². The zero-order valence-electron chi connectivity index (χ0n) is 15.9. The van der Waals surface area contributed by atoms with Gasteiger partial charge in [-0.2, -0.15) is 0 Å². The number of ether oxygens (including phenoxy) is 1. The van der Waals surface area contributed by atoms with Crippen LogP contribution in [0.1, 0.15) is 18.1 Å². The van der Waals surface area contributed by atoms with Gasteiger partial charge in [0.15, 0.2) is 0 Å². The van der Waals surface area contributed by atoms with Gasteiger partial charge in [0.25, 0.3) is 5.22 Å². The number of carbonyl (C=O) groups is 1. The molecule has 1 atom stereocenters. The molecule has 1 heterocycles. The Bertz CT molecular complexity index is 989. The summed E-state index contributed by atoms with van der Waals surface area (Å²) in [5.74, 6) is 0.714. The molecule has 0 saturated carbocycles. The molecule has 0 unspecified atom stereocenters. The molecule has 0 aliphatic rings. The van der Waals surface area contributed by atoms with E-state index in [9.17, 15) is 4.79 Å². The Morgan fingerprint density at radius 2 is 1.93 bits per heavy atom. The maximum absolute atomic E-state index is 12.6. The highest BCUT2D eigenvalue weighted by atomic mass is 35.5. The summed E-state index contributed by atoms with van der Waals surface area (Å²) in [7, 11) is 1.53. The van der Waals surface area contributed by atoms with Crippen molar-refractivity contribution in [2.45, 2.75) is 31.2 Å².